The second-order valence-electron chi connectivity index (χ2n) is 3.06. The van der Waals surface area contributed by atoms with Gasteiger partial charge in [-0.2, -0.15) is 0 Å². The smallest absolute Gasteiger partial charge is 0.123 e. The van der Waals surface area contributed by atoms with Crippen LogP contribution in [0.15, 0.2) is 30.3 Å². The molecular weight excluding hydrogens is 167 g/mol. The Hall–Kier alpha value is -1.15. The van der Waals surface area contributed by atoms with Crippen LogP contribution in [0.25, 0.3) is 5.57 Å². The molecule has 2 rings (SSSR count). The number of benzene rings is 1. The molecule has 0 unspecified atom stereocenters. The molecule has 0 fully saturated rings. The van der Waals surface area contributed by atoms with Gasteiger partial charge in [-0.25, -0.2) is 4.39 Å². The number of hydrogen-bond donors (Lipinski definition) is 0. The molecule has 0 N–H and O–H groups in total. The first-order valence-electron chi connectivity index (χ1n) is 4.39. The van der Waals surface area contributed by atoms with Crippen LogP contribution in [0, 0.1) is 5.82 Å². The summed E-state index contributed by atoms with van der Waals surface area (Å²) in [5.41, 5.74) is 2.16. The Morgan fingerprint density at radius 2 is 2.23 bits per heavy atom. The van der Waals surface area contributed by atoms with Gasteiger partial charge in [0, 0.05) is 0 Å². The molecule has 0 saturated carbocycles. The van der Waals surface area contributed by atoms with Crippen molar-refractivity contribution < 1.29 is 9.13 Å². The molecular formula is C11H11FO. The maximum absolute atomic E-state index is 12.9. The largest absolute Gasteiger partial charge is 0.377 e. The van der Waals surface area contributed by atoms with E-state index in [1.165, 1.54) is 11.6 Å². The third-order valence-electron chi connectivity index (χ3n) is 2.16. The summed E-state index contributed by atoms with van der Waals surface area (Å²) in [7, 11) is 0. The Morgan fingerprint density at radius 3 is 2.92 bits per heavy atom. The van der Waals surface area contributed by atoms with Crippen molar-refractivity contribution >= 4 is 5.57 Å². The lowest BCUT2D eigenvalue weighted by atomic mass is 10.0. The summed E-state index contributed by atoms with van der Waals surface area (Å²) in [6.07, 6.45) is 2.89. The molecule has 1 aromatic rings. The Bertz CT molecular complexity index is 331. The summed E-state index contributed by atoms with van der Waals surface area (Å²) in [6, 6.07) is 6.70. The molecule has 0 amide bonds. The fourth-order valence-corrected chi connectivity index (χ4v) is 1.48. The SMILES string of the molecule is Fc1cccc(C2=CCOCC2)c1. The van der Waals surface area contributed by atoms with Crippen LogP contribution < -0.4 is 0 Å². The molecule has 0 aliphatic carbocycles. The number of halogens is 1. The molecule has 0 bridgehead atoms. The molecule has 0 aromatic heterocycles. The first-order chi connectivity index (χ1) is 6.36. The van der Waals surface area contributed by atoms with Crippen LogP contribution in [0.3, 0.4) is 0 Å². The highest BCUT2D eigenvalue weighted by molar-refractivity contribution is 5.66. The Labute approximate surface area is 76.8 Å². The lowest BCUT2D eigenvalue weighted by molar-refractivity contribution is 0.161. The van der Waals surface area contributed by atoms with E-state index in [9.17, 15) is 4.39 Å². The van der Waals surface area contributed by atoms with Crippen molar-refractivity contribution in [3.05, 3.63) is 41.7 Å². The topological polar surface area (TPSA) is 9.23 Å². The Morgan fingerprint density at radius 1 is 1.31 bits per heavy atom. The number of rotatable bonds is 1. The van der Waals surface area contributed by atoms with E-state index in [2.05, 4.69) is 0 Å². The van der Waals surface area contributed by atoms with E-state index in [1.807, 2.05) is 12.1 Å². The zero-order valence-corrected chi connectivity index (χ0v) is 7.29. The minimum Gasteiger partial charge on any atom is -0.377 e. The summed E-state index contributed by atoms with van der Waals surface area (Å²) in [6.45, 7) is 1.38. The standard InChI is InChI=1S/C11H11FO/c12-11-3-1-2-10(8-11)9-4-6-13-7-5-9/h1-4,8H,5-7H2. The van der Waals surface area contributed by atoms with Gasteiger partial charge in [0.15, 0.2) is 0 Å². The molecule has 0 atom stereocenters. The van der Waals surface area contributed by atoms with Gasteiger partial charge in [-0.1, -0.05) is 18.2 Å². The maximum Gasteiger partial charge on any atom is 0.123 e. The highest BCUT2D eigenvalue weighted by Gasteiger charge is 2.06. The van der Waals surface area contributed by atoms with Crippen LogP contribution >= 0.6 is 0 Å². The van der Waals surface area contributed by atoms with Crippen molar-refractivity contribution in [2.45, 2.75) is 6.42 Å². The molecule has 1 aliphatic rings. The van der Waals surface area contributed by atoms with Gasteiger partial charge in [-0.15, -0.1) is 0 Å². The minimum absolute atomic E-state index is 0.176. The van der Waals surface area contributed by atoms with Crippen molar-refractivity contribution in [2.24, 2.45) is 0 Å². The molecule has 1 heterocycles. The molecule has 13 heavy (non-hydrogen) atoms. The van der Waals surface area contributed by atoms with Gasteiger partial charge in [0.05, 0.1) is 13.2 Å². The van der Waals surface area contributed by atoms with E-state index < -0.39 is 0 Å². The van der Waals surface area contributed by atoms with Gasteiger partial charge in [-0.05, 0) is 29.7 Å². The fraction of sp³-hybridized carbons (Fsp3) is 0.273. The average Bonchev–Trinajstić information content (AvgIpc) is 2.19. The molecule has 0 saturated heterocycles. The highest BCUT2D eigenvalue weighted by Crippen LogP contribution is 2.21. The molecule has 1 aromatic carbocycles. The predicted molar refractivity (Wildman–Crippen MR) is 49.8 cm³/mol. The van der Waals surface area contributed by atoms with Crippen molar-refractivity contribution in [3.8, 4) is 0 Å². The van der Waals surface area contributed by atoms with E-state index in [0.29, 0.717) is 6.61 Å². The van der Waals surface area contributed by atoms with Gasteiger partial charge in [0.2, 0.25) is 0 Å². The summed E-state index contributed by atoms with van der Waals surface area (Å²) >= 11 is 0. The molecule has 1 aliphatic heterocycles. The lowest BCUT2D eigenvalue weighted by Gasteiger charge is -2.13. The second-order valence-corrected chi connectivity index (χ2v) is 3.06. The summed E-state index contributed by atoms with van der Waals surface area (Å²) in [5, 5.41) is 0. The monoisotopic (exact) mass is 178 g/mol. The Kier molecular flexibility index (Phi) is 2.41. The number of ether oxygens (including phenoxy) is 1. The fourth-order valence-electron chi connectivity index (χ4n) is 1.48. The first kappa shape index (κ1) is 8.45. The lowest BCUT2D eigenvalue weighted by Crippen LogP contribution is -2.03. The van der Waals surface area contributed by atoms with Crippen LogP contribution in [0.2, 0.25) is 0 Å². The van der Waals surface area contributed by atoms with Crippen LogP contribution in [-0.2, 0) is 4.74 Å². The van der Waals surface area contributed by atoms with E-state index in [0.717, 1.165) is 18.6 Å². The van der Waals surface area contributed by atoms with E-state index >= 15 is 0 Å². The van der Waals surface area contributed by atoms with E-state index in [-0.39, 0.29) is 5.82 Å². The van der Waals surface area contributed by atoms with Crippen LogP contribution in [0.4, 0.5) is 4.39 Å². The molecule has 0 spiro atoms. The minimum atomic E-state index is -0.176. The number of hydrogen-bond acceptors (Lipinski definition) is 1. The van der Waals surface area contributed by atoms with Crippen molar-refractivity contribution in [1.29, 1.82) is 0 Å². The molecule has 0 radical (unpaired) electrons. The zero-order valence-electron chi connectivity index (χ0n) is 7.29. The predicted octanol–water partition coefficient (Wildman–Crippen LogP) is 2.63. The van der Waals surface area contributed by atoms with Crippen LogP contribution in [0.5, 0.6) is 0 Å². The summed E-state index contributed by atoms with van der Waals surface area (Å²) < 4.78 is 18.0. The summed E-state index contributed by atoms with van der Waals surface area (Å²) in [5.74, 6) is -0.176. The summed E-state index contributed by atoms with van der Waals surface area (Å²) in [4.78, 5) is 0. The van der Waals surface area contributed by atoms with Crippen molar-refractivity contribution in [1.82, 2.24) is 0 Å². The quantitative estimate of drug-likeness (QED) is 0.642. The molecule has 68 valence electrons. The van der Waals surface area contributed by atoms with Crippen LogP contribution in [0.1, 0.15) is 12.0 Å². The van der Waals surface area contributed by atoms with Crippen molar-refractivity contribution in [2.75, 3.05) is 13.2 Å². The van der Waals surface area contributed by atoms with E-state index in [1.54, 1.807) is 12.1 Å². The van der Waals surface area contributed by atoms with E-state index in [4.69, 9.17) is 4.74 Å². The van der Waals surface area contributed by atoms with Crippen molar-refractivity contribution in [3.63, 3.8) is 0 Å². The maximum atomic E-state index is 12.9. The van der Waals surface area contributed by atoms with Crippen LogP contribution in [-0.4, -0.2) is 13.2 Å². The van der Waals surface area contributed by atoms with Gasteiger partial charge in [-0.3, -0.25) is 0 Å². The third kappa shape index (κ3) is 1.95. The molecule has 2 heteroatoms. The van der Waals surface area contributed by atoms with Gasteiger partial charge >= 0.3 is 0 Å². The zero-order chi connectivity index (χ0) is 9.10. The van der Waals surface area contributed by atoms with Gasteiger partial charge < -0.3 is 4.74 Å². The normalized spacial score (nSPS) is 16.8. The highest BCUT2D eigenvalue weighted by atomic mass is 19.1. The van der Waals surface area contributed by atoms with Gasteiger partial charge in [0.1, 0.15) is 5.82 Å². The molecule has 1 nitrogen and oxygen atoms in total. The third-order valence-corrected chi connectivity index (χ3v) is 2.16. The Balaban J connectivity index is 2.29. The first-order valence-corrected chi connectivity index (χ1v) is 4.39. The average molecular weight is 178 g/mol. The second kappa shape index (κ2) is 3.71. The van der Waals surface area contributed by atoms with Gasteiger partial charge in [0.25, 0.3) is 0 Å².